The fourth-order valence-electron chi connectivity index (χ4n) is 1.45. The maximum Gasteiger partial charge on any atom is 0.356 e. The van der Waals surface area contributed by atoms with Gasteiger partial charge in [-0.3, -0.25) is 0 Å². The Kier molecular flexibility index (Phi) is 4.06. The Morgan fingerprint density at radius 2 is 1.56 bits per heavy atom. The van der Waals surface area contributed by atoms with Crippen molar-refractivity contribution in [2.45, 2.75) is 6.23 Å². The van der Waals surface area contributed by atoms with E-state index < -0.39 is 12.2 Å². The Morgan fingerprint density at radius 1 is 1.00 bits per heavy atom. The van der Waals surface area contributed by atoms with Crippen LogP contribution in [0.3, 0.4) is 0 Å². The molecule has 0 aliphatic rings. The fourth-order valence-corrected chi connectivity index (χ4v) is 1.45. The molecule has 0 aliphatic heterocycles. The molecule has 0 bridgehead atoms. The maximum atomic E-state index is 11.6. The van der Waals surface area contributed by atoms with Crippen LogP contribution in [0.4, 0.5) is 0 Å². The average Bonchev–Trinajstić information content (AvgIpc) is 2.46. The van der Waals surface area contributed by atoms with E-state index in [1.54, 1.807) is 48.5 Å². The van der Waals surface area contributed by atoms with Gasteiger partial charge in [0.25, 0.3) is 0 Å². The maximum absolute atomic E-state index is 11.6. The summed E-state index contributed by atoms with van der Waals surface area (Å²) in [5.41, 5.74) is 3.35. The summed E-state index contributed by atoms with van der Waals surface area (Å²) in [6.45, 7) is 0. The molecule has 0 saturated heterocycles. The van der Waals surface area contributed by atoms with E-state index in [0.717, 1.165) is 0 Å². The molecule has 4 nitrogen and oxygen atoms in total. The quantitative estimate of drug-likeness (QED) is 0.637. The summed E-state index contributed by atoms with van der Waals surface area (Å²) in [7, 11) is 0. The zero-order valence-corrected chi connectivity index (χ0v) is 9.61. The number of hydrogen-bond donors (Lipinski definition) is 2. The first-order valence-electron chi connectivity index (χ1n) is 5.52. The highest BCUT2D eigenvalue weighted by atomic mass is 16.7. The van der Waals surface area contributed by atoms with Gasteiger partial charge in [-0.1, -0.05) is 48.5 Å². The van der Waals surface area contributed by atoms with Crippen molar-refractivity contribution in [3.8, 4) is 0 Å². The third-order valence-corrected chi connectivity index (χ3v) is 2.39. The van der Waals surface area contributed by atoms with Crippen LogP contribution in [0.5, 0.6) is 0 Å². The second-order valence-corrected chi connectivity index (χ2v) is 3.69. The Bertz CT molecular complexity index is 499. The molecule has 0 fully saturated rings. The Labute approximate surface area is 105 Å². The minimum Gasteiger partial charge on any atom is -0.371 e. The second-order valence-electron chi connectivity index (χ2n) is 3.69. The topological polar surface area (TPSA) is 58.6 Å². The number of hydroxylamine groups is 1. The molecule has 2 rings (SSSR count). The van der Waals surface area contributed by atoms with Gasteiger partial charge in [0.15, 0.2) is 6.23 Å². The molecular weight excluding hydrogens is 230 g/mol. The summed E-state index contributed by atoms with van der Waals surface area (Å²) in [6, 6.07) is 17.4. The van der Waals surface area contributed by atoms with Gasteiger partial charge in [0.05, 0.1) is 5.56 Å². The molecule has 0 radical (unpaired) electrons. The van der Waals surface area contributed by atoms with Gasteiger partial charge < -0.3 is 9.94 Å². The molecule has 0 amide bonds. The normalized spacial score (nSPS) is 11.8. The van der Waals surface area contributed by atoms with Crippen LogP contribution in [0.1, 0.15) is 22.1 Å². The molecule has 2 aromatic carbocycles. The standard InChI is InChI=1S/C14H13NO3/c16-13(11-7-3-1-4-8-11)15-18-14(17)12-9-5-2-6-10-12/h1-10,13,15-16H. The molecule has 92 valence electrons. The highest BCUT2D eigenvalue weighted by Gasteiger charge is 2.11. The summed E-state index contributed by atoms with van der Waals surface area (Å²) in [4.78, 5) is 16.4. The predicted molar refractivity (Wildman–Crippen MR) is 66.4 cm³/mol. The first kappa shape index (κ1) is 12.3. The number of hydrogen-bond acceptors (Lipinski definition) is 4. The average molecular weight is 243 g/mol. The lowest BCUT2D eigenvalue weighted by molar-refractivity contribution is -0.0333. The van der Waals surface area contributed by atoms with Crippen molar-refractivity contribution in [3.05, 3.63) is 71.8 Å². The molecule has 1 atom stereocenters. The number of carbonyl (C=O) groups is 1. The third kappa shape index (κ3) is 3.16. The lowest BCUT2D eigenvalue weighted by Crippen LogP contribution is -2.24. The van der Waals surface area contributed by atoms with Gasteiger partial charge in [-0.15, -0.1) is 5.48 Å². The summed E-state index contributed by atoms with van der Waals surface area (Å²) in [5, 5.41) is 9.73. The zero-order chi connectivity index (χ0) is 12.8. The van der Waals surface area contributed by atoms with Crippen LogP contribution in [-0.4, -0.2) is 11.1 Å². The van der Waals surface area contributed by atoms with Gasteiger partial charge in [-0.05, 0) is 17.7 Å². The molecule has 0 aliphatic carbocycles. The predicted octanol–water partition coefficient (Wildman–Crippen LogP) is 2.04. The van der Waals surface area contributed by atoms with E-state index in [1.807, 2.05) is 12.1 Å². The van der Waals surface area contributed by atoms with Gasteiger partial charge in [0.1, 0.15) is 0 Å². The minimum atomic E-state index is -1.04. The monoisotopic (exact) mass is 243 g/mol. The molecule has 0 heterocycles. The van der Waals surface area contributed by atoms with Gasteiger partial charge in [-0.25, -0.2) is 4.79 Å². The lowest BCUT2D eigenvalue weighted by atomic mass is 10.2. The molecule has 0 saturated carbocycles. The van der Waals surface area contributed by atoms with Crippen molar-refractivity contribution < 1.29 is 14.7 Å². The molecule has 1 unspecified atom stereocenters. The van der Waals surface area contributed by atoms with Crippen molar-refractivity contribution >= 4 is 5.97 Å². The number of aliphatic hydroxyl groups is 1. The van der Waals surface area contributed by atoms with Crippen molar-refractivity contribution in [1.82, 2.24) is 5.48 Å². The van der Waals surface area contributed by atoms with E-state index >= 15 is 0 Å². The SMILES string of the molecule is O=C(ONC(O)c1ccccc1)c1ccccc1. The summed E-state index contributed by atoms with van der Waals surface area (Å²) < 4.78 is 0. The van der Waals surface area contributed by atoms with Crippen LogP contribution in [0.2, 0.25) is 0 Å². The van der Waals surface area contributed by atoms with Crippen LogP contribution in [0.15, 0.2) is 60.7 Å². The number of aliphatic hydroxyl groups excluding tert-OH is 1. The van der Waals surface area contributed by atoms with Crippen LogP contribution in [0.25, 0.3) is 0 Å². The van der Waals surface area contributed by atoms with E-state index in [4.69, 9.17) is 4.84 Å². The molecule has 2 N–H and O–H groups in total. The van der Waals surface area contributed by atoms with Crippen molar-refractivity contribution in [2.75, 3.05) is 0 Å². The van der Waals surface area contributed by atoms with E-state index in [2.05, 4.69) is 5.48 Å². The Balaban J connectivity index is 1.91. The van der Waals surface area contributed by atoms with Crippen LogP contribution >= 0.6 is 0 Å². The highest BCUT2D eigenvalue weighted by molar-refractivity contribution is 5.89. The molecular formula is C14H13NO3. The molecule has 18 heavy (non-hydrogen) atoms. The number of rotatable bonds is 4. The van der Waals surface area contributed by atoms with E-state index in [1.165, 1.54) is 0 Å². The minimum absolute atomic E-state index is 0.422. The molecule has 0 aromatic heterocycles. The number of nitrogens with one attached hydrogen (secondary N) is 1. The van der Waals surface area contributed by atoms with Crippen molar-refractivity contribution in [2.24, 2.45) is 0 Å². The lowest BCUT2D eigenvalue weighted by Gasteiger charge is -2.12. The van der Waals surface area contributed by atoms with Gasteiger partial charge in [-0.2, -0.15) is 0 Å². The summed E-state index contributed by atoms with van der Waals surface area (Å²) in [5.74, 6) is -0.536. The Hall–Kier alpha value is -2.17. The van der Waals surface area contributed by atoms with Gasteiger partial charge in [0, 0.05) is 0 Å². The van der Waals surface area contributed by atoms with Crippen molar-refractivity contribution in [1.29, 1.82) is 0 Å². The van der Waals surface area contributed by atoms with E-state index in [9.17, 15) is 9.90 Å². The van der Waals surface area contributed by atoms with E-state index in [0.29, 0.717) is 11.1 Å². The largest absolute Gasteiger partial charge is 0.371 e. The zero-order valence-electron chi connectivity index (χ0n) is 9.61. The summed E-state index contributed by atoms with van der Waals surface area (Å²) in [6.07, 6.45) is -1.04. The first-order valence-corrected chi connectivity index (χ1v) is 5.52. The first-order chi connectivity index (χ1) is 8.77. The smallest absolute Gasteiger partial charge is 0.356 e. The van der Waals surface area contributed by atoms with Gasteiger partial charge >= 0.3 is 5.97 Å². The third-order valence-electron chi connectivity index (χ3n) is 2.39. The van der Waals surface area contributed by atoms with E-state index in [-0.39, 0.29) is 0 Å². The number of benzene rings is 2. The fraction of sp³-hybridized carbons (Fsp3) is 0.0714. The Morgan fingerprint density at radius 3 is 2.17 bits per heavy atom. The van der Waals surface area contributed by atoms with Crippen molar-refractivity contribution in [3.63, 3.8) is 0 Å². The second kappa shape index (κ2) is 5.95. The molecule has 0 spiro atoms. The summed E-state index contributed by atoms with van der Waals surface area (Å²) >= 11 is 0. The molecule has 2 aromatic rings. The van der Waals surface area contributed by atoms with Crippen LogP contribution < -0.4 is 5.48 Å². The van der Waals surface area contributed by atoms with Crippen LogP contribution in [0, 0.1) is 0 Å². The number of carbonyl (C=O) groups excluding carboxylic acids is 1. The molecule has 4 heteroatoms. The van der Waals surface area contributed by atoms with Gasteiger partial charge in [0.2, 0.25) is 0 Å². The van der Waals surface area contributed by atoms with Crippen LogP contribution in [-0.2, 0) is 4.84 Å². The highest BCUT2D eigenvalue weighted by Crippen LogP contribution is 2.09.